The molecule has 0 aliphatic heterocycles. The van der Waals surface area contributed by atoms with Crippen LogP contribution in [0.5, 0.6) is 0 Å². The van der Waals surface area contributed by atoms with E-state index >= 15 is 0 Å². The average Bonchev–Trinajstić information content (AvgIpc) is 2.17. The molecule has 0 aromatic heterocycles. The van der Waals surface area contributed by atoms with Gasteiger partial charge in [0.05, 0.1) is 11.0 Å². The van der Waals surface area contributed by atoms with Crippen LogP contribution in [0.15, 0.2) is 29.2 Å². The fourth-order valence-corrected chi connectivity index (χ4v) is 2.54. The van der Waals surface area contributed by atoms with Gasteiger partial charge in [-0.05, 0) is 31.2 Å². The van der Waals surface area contributed by atoms with Crippen LogP contribution < -0.4 is 5.73 Å². The number of aliphatic hydroxyl groups is 1. The third-order valence-corrected chi connectivity index (χ3v) is 3.95. The second-order valence-corrected chi connectivity index (χ2v) is 5.75. The number of anilines is 1. The average molecular weight is 244 g/mol. The third-order valence-electron chi connectivity index (χ3n) is 2.11. The van der Waals surface area contributed by atoms with Crippen LogP contribution in [0.4, 0.5) is 5.69 Å². The summed E-state index contributed by atoms with van der Waals surface area (Å²) in [6.07, 6.45) is -0.700. The van der Waals surface area contributed by atoms with E-state index in [0.29, 0.717) is 5.69 Å². The second kappa shape index (κ2) is 4.82. The first-order chi connectivity index (χ1) is 7.34. The lowest BCUT2D eigenvalue weighted by atomic mass is 10.3. The summed E-state index contributed by atoms with van der Waals surface area (Å²) in [6, 6.07) is 5.96. The van der Waals surface area contributed by atoms with Crippen LogP contribution in [0.2, 0.25) is 0 Å². The van der Waals surface area contributed by atoms with Crippen molar-refractivity contribution in [2.75, 3.05) is 19.3 Å². The fourth-order valence-electron chi connectivity index (χ4n) is 1.29. The highest BCUT2D eigenvalue weighted by atomic mass is 32.2. The van der Waals surface area contributed by atoms with Gasteiger partial charge in [-0.3, -0.25) is 0 Å². The van der Waals surface area contributed by atoms with Crippen LogP contribution >= 0.6 is 0 Å². The molecule has 0 radical (unpaired) electrons. The van der Waals surface area contributed by atoms with Crippen molar-refractivity contribution in [1.82, 2.24) is 4.31 Å². The molecule has 0 heterocycles. The van der Waals surface area contributed by atoms with Gasteiger partial charge in [0.15, 0.2) is 0 Å². The maximum atomic E-state index is 12.0. The SMILES string of the molecule is CC(O)CN(C)S(=O)(=O)c1ccc(N)cc1. The van der Waals surface area contributed by atoms with Crippen molar-refractivity contribution in [3.05, 3.63) is 24.3 Å². The predicted molar refractivity (Wildman–Crippen MR) is 62.4 cm³/mol. The molecule has 0 aliphatic rings. The molecule has 1 unspecified atom stereocenters. The summed E-state index contributed by atoms with van der Waals surface area (Å²) < 4.78 is 25.0. The molecule has 0 fully saturated rings. The van der Waals surface area contributed by atoms with Crippen molar-refractivity contribution in [3.63, 3.8) is 0 Å². The smallest absolute Gasteiger partial charge is 0.242 e. The monoisotopic (exact) mass is 244 g/mol. The first-order valence-electron chi connectivity index (χ1n) is 4.84. The lowest BCUT2D eigenvalue weighted by molar-refractivity contribution is 0.171. The van der Waals surface area contributed by atoms with E-state index < -0.39 is 16.1 Å². The Kier molecular flexibility index (Phi) is 3.90. The highest BCUT2D eigenvalue weighted by Crippen LogP contribution is 2.15. The normalized spacial score (nSPS) is 14.0. The van der Waals surface area contributed by atoms with E-state index in [0.717, 1.165) is 4.31 Å². The van der Waals surface area contributed by atoms with Crippen LogP contribution in [0.1, 0.15) is 6.92 Å². The Morgan fingerprint density at radius 1 is 1.38 bits per heavy atom. The van der Waals surface area contributed by atoms with E-state index in [1.807, 2.05) is 0 Å². The Balaban J connectivity index is 2.97. The van der Waals surface area contributed by atoms with Gasteiger partial charge in [-0.1, -0.05) is 0 Å². The zero-order chi connectivity index (χ0) is 12.3. The minimum absolute atomic E-state index is 0.0622. The van der Waals surface area contributed by atoms with Gasteiger partial charge < -0.3 is 10.8 Å². The van der Waals surface area contributed by atoms with Gasteiger partial charge in [0, 0.05) is 19.3 Å². The zero-order valence-corrected chi connectivity index (χ0v) is 10.1. The number of nitrogens with two attached hydrogens (primary N) is 1. The summed E-state index contributed by atoms with van der Waals surface area (Å²) in [7, 11) is -2.10. The minimum atomic E-state index is -3.53. The summed E-state index contributed by atoms with van der Waals surface area (Å²) in [6.45, 7) is 1.60. The maximum Gasteiger partial charge on any atom is 0.242 e. The van der Waals surface area contributed by atoms with Crippen LogP contribution in [-0.4, -0.2) is 37.5 Å². The Morgan fingerprint density at radius 3 is 2.31 bits per heavy atom. The van der Waals surface area contributed by atoms with Crippen LogP contribution in [0.25, 0.3) is 0 Å². The summed E-state index contributed by atoms with van der Waals surface area (Å²) in [5, 5.41) is 9.15. The number of hydrogen-bond acceptors (Lipinski definition) is 4. The highest BCUT2D eigenvalue weighted by Gasteiger charge is 2.21. The molecule has 3 N–H and O–H groups in total. The molecule has 0 bridgehead atoms. The van der Waals surface area contributed by atoms with Gasteiger partial charge >= 0.3 is 0 Å². The van der Waals surface area contributed by atoms with Gasteiger partial charge in [0.25, 0.3) is 0 Å². The summed E-state index contributed by atoms with van der Waals surface area (Å²) in [4.78, 5) is 0.171. The van der Waals surface area contributed by atoms with Crippen molar-refractivity contribution in [2.24, 2.45) is 0 Å². The van der Waals surface area contributed by atoms with E-state index in [1.165, 1.54) is 38.2 Å². The van der Waals surface area contributed by atoms with E-state index in [1.54, 1.807) is 0 Å². The molecule has 1 atom stereocenters. The van der Waals surface area contributed by atoms with Gasteiger partial charge in [0.2, 0.25) is 10.0 Å². The zero-order valence-electron chi connectivity index (χ0n) is 9.29. The molecule has 0 saturated carbocycles. The second-order valence-electron chi connectivity index (χ2n) is 3.70. The molecular formula is C10H16N2O3S. The number of nitrogen functional groups attached to an aromatic ring is 1. The van der Waals surface area contributed by atoms with E-state index in [9.17, 15) is 8.42 Å². The Labute approximate surface area is 95.5 Å². The van der Waals surface area contributed by atoms with Gasteiger partial charge in [0.1, 0.15) is 0 Å². The van der Waals surface area contributed by atoms with E-state index in [4.69, 9.17) is 10.8 Å². The first-order valence-corrected chi connectivity index (χ1v) is 6.28. The van der Waals surface area contributed by atoms with Crippen LogP contribution in [-0.2, 0) is 10.0 Å². The highest BCUT2D eigenvalue weighted by molar-refractivity contribution is 7.89. The van der Waals surface area contributed by atoms with Gasteiger partial charge in [-0.25, -0.2) is 8.42 Å². The molecule has 5 nitrogen and oxygen atoms in total. The number of likely N-dealkylation sites (N-methyl/N-ethyl adjacent to an activating group) is 1. The van der Waals surface area contributed by atoms with Crippen molar-refractivity contribution < 1.29 is 13.5 Å². The largest absolute Gasteiger partial charge is 0.399 e. The van der Waals surface area contributed by atoms with E-state index in [2.05, 4.69) is 0 Å². The first kappa shape index (κ1) is 13.0. The molecule has 90 valence electrons. The quantitative estimate of drug-likeness (QED) is 0.745. The summed E-state index contributed by atoms with van der Waals surface area (Å²) >= 11 is 0. The molecule has 1 aromatic rings. The van der Waals surface area contributed by atoms with E-state index in [-0.39, 0.29) is 11.4 Å². The van der Waals surface area contributed by atoms with Gasteiger partial charge in [-0.15, -0.1) is 0 Å². The van der Waals surface area contributed by atoms with Crippen molar-refractivity contribution in [3.8, 4) is 0 Å². The third kappa shape index (κ3) is 2.94. The van der Waals surface area contributed by atoms with Crippen molar-refractivity contribution >= 4 is 15.7 Å². The lowest BCUT2D eigenvalue weighted by Crippen LogP contribution is -2.33. The molecule has 1 aromatic carbocycles. The van der Waals surface area contributed by atoms with Crippen molar-refractivity contribution in [2.45, 2.75) is 17.9 Å². The molecule has 0 saturated heterocycles. The fraction of sp³-hybridized carbons (Fsp3) is 0.400. The van der Waals surface area contributed by atoms with Gasteiger partial charge in [-0.2, -0.15) is 4.31 Å². The predicted octanol–water partition coefficient (Wildman–Crippen LogP) is 0.270. The number of hydrogen-bond donors (Lipinski definition) is 2. The lowest BCUT2D eigenvalue weighted by Gasteiger charge is -2.18. The Hall–Kier alpha value is -1.11. The van der Waals surface area contributed by atoms with Crippen molar-refractivity contribution in [1.29, 1.82) is 0 Å². The molecule has 0 amide bonds. The summed E-state index contributed by atoms with van der Waals surface area (Å²) in [5.74, 6) is 0. The number of benzene rings is 1. The number of nitrogens with zero attached hydrogens (tertiary/aromatic N) is 1. The number of aliphatic hydroxyl groups excluding tert-OH is 1. The Bertz CT molecular complexity index is 440. The number of rotatable bonds is 4. The molecule has 0 spiro atoms. The topological polar surface area (TPSA) is 83.6 Å². The molecule has 16 heavy (non-hydrogen) atoms. The molecule has 0 aliphatic carbocycles. The maximum absolute atomic E-state index is 12.0. The number of sulfonamides is 1. The van der Waals surface area contributed by atoms with Crippen LogP contribution in [0, 0.1) is 0 Å². The minimum Gasteiger partial charge on any atom is -0.399 e. The summed E-state index contributed by atoms with van der Waals surface area (Å²) in [5.41, 5.74) is 5.99. The Morgan fingerprint density at radius 2 is 1.88 bits per heavy atom. The van der Waals surface area contributed by atoms with Crippen LogP contribution in [0.3, 0.4) is 0 Å². The molecule has 6 heteroatoms. The molecular weight excluding hydrogens is 228 g/mol. The standard InChI is InChI=1S/C10H16N2O3S/c1-8(13)7-12(2)16(14,15)10-5-3-9(11)4-6-10/h3-6,8,13H,7,11H2,1-2H3. The molecule has 1 rings (SSSR count).